The van der Waals surface area contributed by atoms with Crippen LogP contribution in [0, 0.1) is 11.8 Å². The van der Waals surface area contributed by atoms with Crippen LogP contribution in [0.2, 0.25) is 0 Å². The lowest BCUT2D eigenvalue weighted by Gasteiger charge is -2.31. The van der Waals surface area contributed by atoms with Crippen LogP contribution in [0.5, 0.6) is 0 Å². The minimum atomic E-state index is -0.358. The second-order valence-electron chi connectivity index (χ2n) is 5.04. The molecule has 1 unspecified atom stereocenters. The number of amides is 2. The van der Waals surface area contributed by atoms with Crippen LogP contribution >= 0.6 is 0 Å². The maximum atomic E-state index is 12.0. The summed E-state index contributed by atoms with van der Waals surface area (Å²) in [5.41, 5.74) is 6.72. The second kappa shape index (κ2) is 5.84. The first-order valence-electron chi connectivity index (χ1n) is 6.45. The van der Waals surface area contributed by atoms with Crippen molar-refractivity contribution in [1.82, 2.24) is 5.32 Å². The fourth-order valence-corrected chi connectivity index (χ4v) is 2.04. The van der Waals surface area contributed by atoms with Crippen molar-refractivity contribution in [3.05, 3.63) is 29.8 Å². The first-order chi connectivity index (χ1) is 9.06. The van der Waals surface area contributed by atoms with Gasteiger partial charge >= 0.3 is 0 Å². The van der Waals surface area contributed by atoms with E-state index in [2.05, 4.69) is 10.6 Å². The average molecular weight is 261 g/mol. The Balaban J connectivity index is 1.91. The Morgan fingerprint density at radius 2 is 2.00 bits per heavy atom. The Labute approximate surface area is 112 Å². The number of anilines is 1. The standard InChI is InChI=1S/C14H19N3O2/c1-9(11-7-16-8-11)14(19)17-12-4-2-10(3-5-12)6-13(15)18/h2-5,9,11,16H,6-8H2,1H3,(H2,15,18)(H,17,19). The van der Waals surface area contributed by atoms with Crippen LogP contribution in [0.25, 0.3) is 0 Å². The maximum absolute atomic E-state index is 12.0. The van der Waals surface area contributed by atoms with E-state index in [0.717, 1.165) is 24.3 Å². The molecule has 5 nitrogen and oxygen atoms in total. The predicted octanol–water partition coefficient (Wildman–Crippen LogP) is 0.508. The summed E-state index contributed by atoms with van der Waals surface area (Å²) in [6, 6.07) is 7.19. The molecule has 1 aliphatic heterocycles. The highest BCUT2D eigenvalue weighted by atomic mass is 16.2. The molecule has 1 aliphatic rings. The van der Waals surface area contributed by atoms with Gasteiger partial charge in [-0.25, -0.2) is 0 Å². The molecule has 4 N–H and O–H groups in total. The van der Waals surface area contributed by atoms with Gasteiger partial charge in [0.25, 0.3) is 0 Å². The summed E-state index contributed by atoms with van der Waals surface area (Å²) in [6.45, 7) is 3.76. The number of carbonyl (C=O) groups excluding carboxylic acids is 2. The zero-order valence-electron chi connectivity index (χ0n) is 11.0. The smallest absolute Gasteiger partial charge is 0.227 e. The summed E-state index contributed by atoms with van der Waals surface area (Å²) in [5, 5.41) is 6.05. The molecule has 1 fully saturated rings. The van der Waals surface area contributed by atoms with Crippen LogP contribution in [-0.2, 0) is 16.0 Å². The zero-order chi connectivity index (χ0) is 13.8. The molecular weight excluding hydrogens is 242 g/mol. The van der Waals surface area contributed by atoms with E-state index in [9.17, 15) is 9.59 Å². The van der Waals surface area contributed by atoms with E-state index in [0.29, 0.717) is 5.92 Å². The number of hydrogen-bond acceptors (Lipinski definition) is 3. The van der Waals surface area contributed by atoms with E-state index in [1.165, 1.54) is 0 Å². The Bertz CT molecular complexity index is 466. The summed E-state index contributed by atoms with van der Waals surface area (Å²) in [5.74, 6) is 0.109. The first kappa shape index (κ1) is 13.5. The first-order valence-corrected chi connectivity index (χ1v) is 6.45. The van der Waals surface area contributed by atoms with Gasteiger partial charge in [-0.1, -0.05) is 19.1 Å². The van der Waals surface area contributed by atoms with Gasteiger partial charge in [0.15, 0.2) is 0 Å². The molecule has 2 amide bonds. The van der Waals surface area contributed by atoms with Crippen molar-refractivity contribution in [2.45, 2.75) is 13.3 Å². The molecule has 102 valence electrons. The van der Waals surface area contributed by atoms with Gasteiger partial charge in [0.2, 0.25) is 11.8 Å². The minimum Gasteiger partial charge on any atom is -0.369 e. The molecule has 0 spiro atoms. The average Bonchev–Trinajstić information content (AvgIpc) is 2.28. The summed E-state index contributed by atoms with van der Waals surface area (Å²) in [6.07, 6.45) is 0.221. The molecule has 1 atom stereocenters. The Morgan fingerprint density at radius 3 is 2.47 bits per heavy atom. The highest BCUT2D eigenvalue weighted by molar-refractivity contribution is 5.92. The van der Waals surface area contributed by atoms with E-state index >= 15 is 0 Å². The molecule has 0 saturated carbocycles. The van der Waals surface area contributed by atoms with Gasteiger partial charge in [0, 0.05) is 11.6 Å². The second-order valence-corrected chi connectivity index (χ2v) is 5.04. The van der Waals surface area contributed by atoms with Crippen molar-refractivity contribution < 1.29 is 9.59 Å². The lowest BCUT2D eigenvalue weighted by Crippen LogP contribution is -2.48. The van der Waals surface area contributed by atoms with E-state index in [-0.39, 0.29) is 24.2 Å². The number of nitrogens with one attached hydrogen (secondary N) is 2. The normalized spacial score (nSPS) is 16.5. The highest BCUT2D eigenvalue weighted by Gasteiger charge is 2.28. The molecule has 0 radical (unpaired) electrons. The molecule has 19 heavy (non-hydrogen) atoms. The number of benzene rings is 1. The van der Waals surface area contributed by atoms with Crippen molar-refractivity contribution in [3.63, 3.8) is 0 Å². The Morgan fingerprint density at radius 1 is 1.37 bits per heavy atom. The molecule has 1 heterocycles. The maximum Gasteiger partial charge on any atom is 0.227 e. The quantitative estimate of drug-likeness (QED) is 0.722. The summed E-state index contributed by atoms with van der Waals surface area (Å²) in [7, 11) is 0. The fraction of sp³-hybridized carbons (Fsp3) is 0.429. The number of primary amides is 1. The van der Waals surface area contributed by atoms with E-state index in [1.54, 1.807) is 24.3 Å². The molecule has 0 aromatic heterocycles. The minimum absolute atomic E-state index is 0.00606. The van der Waals surface area contributed by atoms with E-state index in [4.69, 9.17) is 5.73 Å². The van der Waals surface area contributed by atoms with E-state index < -0.39 is 0 Å². The van der Waals surface area contributed by atoms with Crippen LogP contribution < -0.4 is 16.4 Å². The van der Waals surface area contributed by atoms with Gasteiger partial charge in [0.05, 0.1) is 6.42 Å². The number of rotatable bonds is 5. The number of carbonyl (C=O) groups is 2. The van der Waals surface area contributed by atoms with Crippen molar-refractivity contribution in [1.29, 1.82) is 0 Å². The number of nitrogens with two attached hydrogens (primary N) is 1. The van der Waals surface area contributed by atoms with Crippen LogP contribution in [-0.4, -0.2) is 24.9 Å². The van der Waals surface area contributed by atoms with Crippen LogP contribution in [0.4, 0.5) is 5.69 Å². The van der Waals surface area contributed by atoms with Crippen molar-refractivity contribution >= 4 is 17.5 Å². The van der Waals surface area contributed by atoms with Crippen molar-refractivity contribution in [3.8, 4) is 0 Å². The molecule has 1 aromatic carbocycles. The SMILES string of the molecule is CC(C(=O)Nc1ccc(CC(N)=O)cc1)C1CNC1. The highest BCUT2D eigenvalue weighted by Crippen LogP contribution is 2.18. The summed E-state index contributed by atoms with van der Waals surface area (Å²) < 4.78 is 0. The van der Waals surface area contributed by atoms with E-state index in [1.807, 2.05) is 6.92 Å². The molecular formula is C14H19N3O2. The Hall–Kier alpha value is -1.88. The Kier molecular flexibility index (Phi) is 4.16. The van der Waals surface area contributed by atoms with Gasteiger partial charge < -0.3 is 16.4 Å². The molecule has 5 heteroatoms. The third-order valence-electron chi connectivity index (χ3n) is 3.53. The lowest BCUT2D eigenvalue weighted by atomic mass is 9.88. The van der Waals surface area contributed by atoms with Crippen LogP contribution in [0.1, 0.15) is 12.5 Å². The van der Waals surface area contributed by atoms with Crippen LogP contribution in [0.3, 0.4) is 0 Å². The monoisotopic (exact) mass is 261 g/mol. The molecule has 0 aliphatic carbocycles. The van der Waals surface area contributed by atoms with Gasteiger partial charge in [0.1, 0.15) is 0 Å². The predicted molar refractivity (Wildman–Crippen MR) is 73.5 cm³/mol. The van der Waals surface area contributed by atoms with Gasteiger partial charge in [-0.05, 0) is 36.7 Å². The zero-order valence-corrected chi connectivity index (χ0v) is 11.0. The van der Waals surface area contributed by atoms with Gasteiger partial charge in [-0.3, -0.25) is 9.59 Å². The molecule has 0 bridgehead atoms. The van der Waals surface area contributed by atoms with Gasteiger partial charge in [-0.15, -0.1) is 0 Å². The molecule has 1 aromatic rings. The van der Waals surface area contributed by atoms with Crippen molar-refractivity contribution in [2.75, 3.05) is 18.4 Å². The fourth-order valence-electron chi connectivity index (χ4n) is 2.04. The topological polar surface area (TPSA) is 84.2 Å². The molecule has 1 saturated heterocycles. The van der Waals surface area contributed by atoms with Gasteiger partial charge in [-0.2, -0.15) is 0 Å². The lowest BCUT2D eigenvalue weighted by molar-refractivity contribution is -0.121. The van der Waals surface area contributed by atoms with Crippen LogP contribution in [0.15, 0.2) is 24.3 Å². The third-order valence-corrected chi connectivity index (χ3v) is 3.53. The number of hydrogen-bond donors (Lipinski definition) is 3. The third kappa shape index (κ3) is 3.54. The largest absolute Gasteiger partial charge is 0.369 e. The molecule has 2 rings (SSSR count). The summed E-state index contributed by atoms with van der Waals surface area (Å²) >= 11 is 0. The van der Waals surface area contributed by atoms with Crippen molar-refractivity contribution in [2.24, 2.45) is 17.6 Å². The summed E-state index contributed by atoms with van der Waals surface area (Å²) in [4.78, 5) is 22.8.